The second-order valence-corrected chi connectivity index (χ2v) is 3.20. The quantitative estimate of drug-likeness (QED) is 0.663. The third-order valence-corrected chi connectivity index (χ3v) is 2.12. The monoisotopic (exact) mass is 239 g/mol. The molecular weight excluding hydrogens is 235 g/mol. The predicted octanol–water partition coefficient (Wildman–Crippen LogP) is 2.79. The first kappa shape index (κ1) is 11.1. The summed E-state index contributed by atoms with van der Waals surface area (Å²) in [6.45, 7) is 6.75. The van der Waals surface area contributed by atoms with Crippen molar-refractivity contribution in [3.05, 3.63) is 35.9 Å². The van der Waals surface area contributed by atoms with Gasteiger partial charge in [0.2, 0.25) is 0 Å². The number of hydrogen-bond donors (Lipinski definition) is 0. The number of halogens is 3. The molecule has 0 N–H and O–H groups in total. The maximum absolute atomic E-state index is 12.2. The average molecular weight is 239 g/mol. The van der Waals surface area contributed by atoms with Crippen LogP contribution in [0.25, 0.3) is 15.9 Å². The highest BCUT2D eigenvalue weighted by Crippen LogP contribution is 2.24. The van der Waals surface area contributed by atoms with E-state index in [9.17, 15) is 18.0 Å². The number of fused-ring (bicyclic) bond motifs is 1. The molecule has 0 bridgehead atoms. The van der Waals surface area contributed by atoms with E-state index < -0.39 is 12.1 Å². The Morgan fingerprint density at radius 3 is 2.71 bits per heavy atom. The van der Waals surface area contributed by atoms with Crippen LogP contribution in [0, 0.1) is 6.57 Å². The van der Waals surface area contributed by atoms with Crippen molar-refractivity contribution in [1.82, 2.24) is 9.55 Å². The highest BCUT2D eigenvalue weighted by molar-refractivity contribution is 5.94. The van der Waals surface area contributed by atoms with Crippen LogP contribution in [0.15, 0.2) is 24.5 Å². The molecule has 2 rings (SSSR count). The van der Waals surface area contributed by atoms with Crippen molar-refractivity contribution in [2.45, 2.75) is 6.18 Å². The summed E-state index contributed by atoms with van der Waals surface area (Å²) in [5.74, 6) is -2.00. The van der Waals surface area contributed by atoms with Crippen LogP contribution in [0.3, 0.4) is 0 Å². The Kier molecular flexibility index (Phi) is 2.35. The van der Waals surface area contributed by atoms with Gasteiger partial charge in [-0.3, -0.25) is 9.36 Å². The van der Waals surface area contributed by atoms with E-state index in [1.165, 1.54) is 18.2 Å². The Bertz CT molecular complexity index is 636. The van der Waals surface area contributed by atoms with Crippen molar-refractivity contribution in [2.75, 3.05) is 0 Å². The second-order valence-electron chi connectivity index (χ2n) is 3.20. The molecule has 0 fully saturated rings. The van der Waals surface area contributed by atoms with Gasteiger partial charge in [-0.05, 0) is 12.1 Å². The minimum Gasteiger partial charge on any atom is -0.264 e. The Morgan fingerprint density at radius 1 is 1.41 bits per heavy atom. The van der Waals surface area contributed by atoms with Gasteiger partial charge in [0.1, 0.15) is 6.33 Å². The lowest BCUT2D eigenvalue weighted by Gasteiger charge is -2.05. The SMILES string of the molecule is [C-]#[N+]c1ccc2c(c1)ncn2C(=O)C(F)(F)F. The molecule has 0 aliphatic heterocycles. The van der Waals surface area contributed by atoms with Crippen LogP contribution in [0.5, 0.6) is 0 Å². The fourth-order valence-corrected chi connectivity index (χ4v) is 1.37. The van der Waals surface area contributed by atoms with E-state index in [1.54, 1.807) is 0 Å². The van der Waals surface area contributed by atoms with E-state index in [0.717, 1.165) is 6.33 Å². The standard InChI is InChI=1S/C10H4F3N3O/c1-14-6-2-3-8-7(4-6)15-5-16(8)9(17)10(11,12)13/h2-5H. The van der Waals surface area contributed by atoms with Crippen molar-refractivity contribution in [3.63, 3.8) is 0 Å². The molecule has 4 nitrogen and oxygen atoms in total. The van der Waals surface area contributed by atoms with E-state index in [-0.39, 0.29) is 16.7 Å². The lowest BCUT2D eigenvalue weighted by atomic mass is 10.3. The number of imidazole rings is 1. The van der Waals surface area contributed by atoms with Crippen molar-refractivity contribution >= 4 is 22.6 Å². The number of carbonyl (C=O) groups is 1. The maximum atomic E-state index is 12.2. The number of hydrogen-bond acceptors (Lipinski definition) is 2. The molecule has 1 aromatic heterocycles. The Morgan fingerprint density at radius 2 is 2.12 bits per heavy atom. The van der Waals surface area contributed by atoms with Gasteiger partial charge in [-0.25, -0.2) is 9.83 Å². The molecule has 0 saturated carbocycles. The van der Waals surface area contributed by atoms with Crippen LogP contribution in [0.2, 0.25) is 0 Å². The van der Waals surface area contributed by atoms with E-state index in [4.69, 9.17) is 6.57 Å². The summed E-state index contributed by atoms with van der Waals surface area (Å²) in [6, 6.07) is 3.92. The number of carbonyl (C=O) groups excluding carboxylic acids is 1. The fraction of sp³-hybridized carbons (Fsp3) is 0.100. The lowest BCUT2D eigenvalue weighted by molar-refractivity contribution is -0.0943. The molecule has 1 aromatic carbocycles. The van der Waals surface area contributed by atoms with Crippen LogP contribution in [0.4, 0.5) is 18.9 Å². The molecule has 0 saturated heterocycles. The minimum atomic E-state index is -4.95. The number of rotatable bonds is 0. The number of nitrogens with zero attached hydrogens (tertiary/aromatic N) is 3. The van der Waals surface area contributed by atoms with Gasteiger partial charge in [-0.1, -0.05) is 6.07 Å². The normalized spacial score (nSPS) is 11.4. The third-order valence-electron chi connectivity index (χ3n) is 2.12. The summed E-state index contributed by atoms with van der Waals surface area (Å²) in [5, 5.41) is 0. The maximum Gasteiger partial charge on any atom is 0.472 e. The molecule has 0 atom stereocenters. The largest absolute Gasteiger partial charge is 0.472 e. The smallest absolute Gasteiger partial charge is 0.264 e. The molecule has 0 spiro atoms. The molecule has 1 heterocycles. The van der Waals surface area contributed by atoms with E-state index in [1.807, 2.05) is 0 Å². The van der Waals surface area contributed by atoms with Crippen LogP contribution in [-0.4, -0.2) is 21.6 Å². The topological polar surface area (TPSA) is 39.2 Å². The van der Waals surface area contributed by atoms with Crippen molar-refractivity contribution in [3.8, 4) is 0 Å². The molecule has 0 amide bonds. The van der Waals surface area contributed by atoms with Gasteiger partial charge in [0.15, 0.2) is 5.69 Å². The Balaban J connectivity index is 2.59. The van der Waals surface area contributed by atoms with Crippen LogP contribution in [-0.2, 0) is 0 Å². The van der Waals surface area contributed by atoms with Crippen LogP contribution in [0.1, 0.15) is 4.79 Å². The first-order chi connectivity index (χ1) is 7.93. The van der Waals surface area contributed by atoms with Crippen LogP contribution >= 0.6 is 0 Å². The zero-order valence-electron chi connectivity index (χ0n) is 8.19. The summed E-state index contributed by atoms with van der Waals surface area (Å²) in [7, 11) is 0. The Hall–Kier alpha value is -2.36. The summed E-state index contributed by atoms with van der Waals surface area (Å²) in [5.41, 5.74) is 0.457. The number of benzene rings is 1. The molecule has 0 radical (unpaired) electrons. The summed E-state index contributed by atoms with van der Waals surface area (Å²) in [6.07, 6.45) is -4.15. The van der Waals surface area contributed by atoms with Gasteiger partial charge in [0, 0.05) is 0 Å². The first-order valence-corrected chi connectivity index (χ1v) is 4.39. The lowest BCUT2D eigenvalue weighted by Crippen LogP contribution is -2.28. The number of aromatic nitrogens is 2. The molecule has 17 heavy (non-hydrogen) atoms. The molecule has 2 aromatic rings. The van der Waals surface area contributed by atoms with E-state index >= 15 is 0 Å². The average Bonchev–Trinajstić information content (AvgIpc) is 2.69. The van der Waals surface area contributed by atoms with Crippen molar-refractivity contribution < 1.29 is 18.0 Å². The zero-order valence-corrected chi connectivity index (χ0v) is 8.19. The third kappa shape index (κ3) is 1.85. The van der Waals surface area contributed by atoms with Gasteiger partial charge >= 0.3 is 12.1 Å². The van der Waals surface area contributed by atoms with Gasteiger partial charge in [-0.2, -0.15) is 13.2 Å². The summed E-state index contributed by atoms with van der Waals surface area (Å²) < 4.78 is 37.1. The van der Waals surface area contributed by atoms with Gasteiger partial charge < -0.3 is 0 Å². The molecule has 0 aliphatic rings. The van der Waals surface area contributed by atoms with Gasteiger partial charge in [0.05, 0.1) is 17.6 Å². The van der Waals surface area contributed by atoms with Crippen molar-refractivity contribution in [2.24, 2.45) is 0 Å². The highest BCUT2D eigenvalue weighted by atomic mass is 19.4. The Labute approximate surface area is 93.1 Å². The number of alkyl halides is 3. The molecule has 86 valence electrons. The molecule has 7 heteroatoms. The first-order valence-electron chi connectivity index (χ1n) is 4.39. The second kappa shape index (κ2) is 3.59. The van der Waals surface area contributed by atoms with Crippen LogP contribution < -0.4 is 0 Å². The minimum absolute atomic E-state index is 0.0275. The van der Waals surface area contributed by atoms with Crippen molar-refractivity contribution in [1.29, 1.82) is 0 Å². The molecule has 0 unspecified atom stereocenters. The fourth-order valence-electron chi connectivity index (χ4n) is 1.37. The van der Waals surface area contributed by atoms with Gasteiger partial charge in [-0.15, -0.1) is 0 Å². The van der Waals surface area contributed by atoms with E-state index in [0.29, 0.717) is 4.57 Å². The molecular formula is C10H4F3N3O. The predicted molar refractivity (Wildman–Crippen MR) is 52.7 cm³/mol. The van der Waals surface area contributed by atoms with E-state index in [2.05, 4.69) is 9.83 Å². The molecule has 0 aliphatic carbocycles. The highest BCUT2D eigenvalue weighted by Gasteiger charge is 2.40. The van der Waals surface area contributed by atoms with Gasteiger partial charge in [0.25, 0.3) is 0 Å². The zero-order chi connectivity index (χ0) is 12.6. The summed E-state index contributed by atoms with van der Waals surface area (Å²) in [4.78, 5) is 17.8. The summed E-state index contributed by atoms with van der Waals surface area (Å²) >= 11 is 0.